The van der Waals surface area contributed by atoms with Crippen LogP contribution in [0.4, 0.5) is 0 Å². The molecule has 0 unspecified atom stereocenters. The van der Waals surface area contributed by atoms with Crippen LogP contribution in [-0.4, -0.2) is 15.0 Å². The summed E-state index contributed by atoms with van der Waals surface area (Å²) in [5, 5.41) is 19.6. The Morgan fingerprint density at radius 3 is 1.46 bits per heavy atom. The molecule has 0 saturated heterocycles. The first kappa shape index (κ1) is 50.1. The molecule has 0 aliphatic rings. The molecular formula is C73H62IrN5. The molecular weight excluding hydrogens is 1140 g/mol. The van der Waals surface area contributed by atoms with Gasteiger partial charge in [0.25, 0.3) is 0 Å². The Morgan fingerprint density at radius 1 is 0.405 bits per heavy atom. The number of hydrogen-bond acceptors (Lipinski definition) is 5. The maximum absolute atomic E-state index is 10.0. The molecule has 0 atom stereocenters. The number of nitriles is 2. The van der Waals surface area contributed by atoms with E-state index in [1.54, 1.807) is 42.9 Å². The number of aromatic nitrogens is 3. The molecule has 7 aromatic carbocycles. The number of hydrogen-bond donors (Lipinski definition) is 0. The fraction of sp³-hybridized carbons (Fsp3) is 0.192. The smallest absolute Gasteiger partial charge is 0.305 e. The van der Waals surface area contributed by atoms with Crippen LogP contribution in [0.15, 0.2) is 195 Å². The van der Waals surface area contributed by atoms with Gasteiger partial charge in [-0.25, -0.2) is 0 Å². The molecule has 3 heterocycles. The zero-order valence-corrected chi connectivity index (χ0v) is 47.8. The number of benzene rings is 7. The van der Waals surface area contributed by atoms with Gasteiger partial charge in [-0.3, -0.25) is 0 Å². The standard InChI is InChI=1S/C73H62N5.Ir/c1-72(2,3)46-54-34-37-77-70(43-54)59-23-18-50(19-24-59)14-16-52-39-53(17-15-51-20-25-60(26-21-51)71-44-55(35-38-78-71)47-73(4,5)6)41-62(40-52)65-11-7-8-12-66(65)67-33-31-61(69-13-9-10-36-76-69)45-68(67)58-29-27-57(28-30-58)64-32-22-56(48-74)42-63(64)49-75;/h7-13,18-23,25,27-30,32-45H,14-17,46-47H2,1-6H3;/q-3;+3/i46D2,47D2;. The summed E-state index contributed by atoms with van der Waals surface area (Å²) in [6.45, 7) is 11.5. The number of nitrogens with zero attached hydrogens (tertiary/aromatic N) is 5. The van der Waals surface area contributed by atoms with Gasteiger partial charge in [0.15, 0.2) is 0 Å². The monoisotopic (exact) mass is 1210 g/mol. The van der Waals surface area contributed by atoms with Crippen molar-refractivity contribution in [2.24, 2.45) is 10.8 Å². The second-order valence-corrected chi connectivity index (χ2v) is 21.9. The number of rotatable bonds is 15. The Kier molecular flexibility index (Phi) is 15.6. The molecule has 0 amide bonds. The van der Waals surface area contributed by atoms with E-state index < -0.39 is 23.6 Å². The Hall–Kier alpha value is -8.38. The van der Waals surface area contributed by atoms with Crippen molar-refractivity contribution in [3.05, 3.63) is 257 Å². The average molecular weight is 1210 g/mol. The third-order valence-electron chi connectivity index (χ3n) is 13.5. The zero-order valence-electron chi connectivity index (χ0n) is 49.4. The van der Waals surface area contributed by atoms with Crippen molar-refractivity contribution < 1.29 is 25.6 Å². The summed E-state index contributed by atoms with van der Waals surface area (Å²) in [4.78, 5) is 13.9. The normalized spacial score (nSPS) is 12.5. The Balaban J connectivity index is 0.00000828. The molecule has 5 nitrogen and oxygen atoms in total. The maximum Gasteiger partial charge on any atom is 3.00 e. The average Bonchev–Trinajstić information content (AvgIpc) is 3.70. The van der Waals surface area contributed by atoms with Crippen LogP contribution in [0.25, 0.3) is 78.3 Å². The van der Waals surface area contributed by atoms with Gasteiger partial charge in [0.2, 0.25) is 0 Å². The van der Waals surface area contributed by atoms with Crippen molar-refractivity contribution in [2.75, 3.05) is 0 Å². The molecule has 0 aliphatic heterocycles. The van der Waals surface area contributed by atoms with Crippen molar-refractivity contribution >= 4 is 0 Å². The van der Waals surface area contributed by atoms with Crippen molar-refractivity contribution in [1.82, 2.24) is 15.0 Å². The summed E-state index contributed by atoms with van der Waals surface area (Å²) >= 11 is 0. The summed E-state index contributed by atoms with van der Waals surface area (Å²) in [6.07, 6.45) is 5.15. The molecule has 10 aromatic rings. The minimum absolute atomic E-state index is 0. The first-order valence-corrected chi connectivity index (χ1v) is 26.5. The van der Waals surface area contributed by atoms with E-state index >= 15 is 0 Å². The largest absolute Gasteiger partial charge is 3.00 e. The fourth-order valence-corrected chi connectivity index (χ4v) is 9.89. The van der Waals surface area contributed by atoms with E-state index in [9.17, 15) is 10.5 Å². The van der Waals surface area contributed by atoms with Gasteiger partial charge < -0.3 is 15.0 Å². The summed E-state index contributed by atoms with van der Waals surface area (Å²) in [6, 6.07) is 73.6. The number of pyridine rings is 3. The molecule has 10 rings (SSSR count). The third kappa shape index (κ3) is 14.0. The van der Waals surface area contributed by atoms with Gasteiger partial charge in [-0.1, -0.05) is 179 Å². The molecule has 0 bridgehead atoms. The van der Waals surface area contributed by atoms with Crippen LogP contribution in [0.1, 0.15) is 91.5 Å². The summed E-state index contributed by atoms with van der Waals surface area (Å²) in [7, 11) is 0. The molecule has 0 radical (unpaired) electrons. The second-order valence-electron chi connectivity index (χ2n) is 21.9. The molecule has 0 fully saturated rings. The van der Waals surface area contributed by atoms with Crippen molar-refractivity contribution in [3.63, 3.8) is 0 Å². The van der Waals surface area contributed by atoms with E-state index in [0.717, 1.165) is 104 Å². The van der Waals surface area contributed by atoms with Crippen molar-refractivity contribution in [1.29, 1.82) is 10.5 Å². The molecule has 6 heteroatoms. The quantitative estimate of drug-likeness (QED) is 0.0955. The molecule has 388 valence electrons. The van der Waals surface area contributed by atoms with E-state index in [0.29, 0.717) is 33.6 Å². The Morgan fingerprint density at radius 2 is 0.937 bits per heavy atom. The van der Waals surface area contributed by atoms with Gasteiger partial charge in [-0.05, 0) is 123 Å². The van der Waals surface area contributed by atoms with Gasteiger partial charge >= 0.3 is 20.1 Å². The van der Waals surface area contributed by atoms with Crippen LogP contribution in [0.5, 0.6) is 0 Å². The van der Waals surface area contributed by atoms with Crippen molar-refractivity contribution in [2.45, 2.75) is 80.0 Å². The SMILES string of the molecule is [2H]C([2H])(c1ccnc(-c2[c-]cc(CCc3cc(CCc4c[c-]c(-c5cc(C([2H])([2H])C(C)(C)C)ccn5)cc4)cc(-c4ccccc4-c4c[c-]c(-c5ccccn5)cc4-c4ccc(-c5ccc(C#N)cc5C#N)cc4)c3)cc2)c1)C(C)(C)C.[Ir+3]. The van der Waals surface area contributed by atoms with Crippen LogP contribution in [-0.2, 0) is 58.5 Å². The molecule has 79 heavy (non-hydrogen) atoms. The predicted octanol–water partition coefficient (Wildman–Crippen LogP) is 17.4. The van der Waals surface area contributed by atoms with E-state index in [1.807, 2.05) is 114 Å². The van der Waals surface area contributed by atoms with Gasteiger partial charge in [-0.2, -0.15) is 10.5 Å². The van der Waals surface area contributed by atoms with Crippen molar-refractivity contribution in [3.8, 4) is 90.4 Å². The van der Waals surface area contributed by atoms with Gasteiger partial charge in [0.05, 0.1) is 23.3 Å². The van der Waals surface area contributed by atoms with E-state index in [-0.39, 0.29) is 20.1 Å². The topological polar surface area (TPSA) is 86.2 Å². The van der Waals surface area contributed by atoms with E-state index in [2.05, 4.69) is 124 Å². The summed E-state index contributed by atoms with van der Waals surface area (Å²) < 4.78 is 35.5. The van der Waals surface area contributed by atoms with Gasteiger partial charge in [0.1, 0.15) is 0 Å². The first-order valence-electron chi connectivity index (χ1n) is 28.5. The third-order valence-corrected chi connectivity index (χ3v) is 13.5. The zero-order chi connectivity index (χ0) is 57.8. The fourth-order valence-electron chi connectivity index (χ4n) is 9.89. The van der Waals surface area contributed by atoms with Gasteiger partial charge in [-0.15, -0.1) is 94.5 Å². The minimum atomic E-state index is -1.54. The molecule has 0 aliphatic carbocycles. The van der Waals surface area contributed by atoms with Crippen LogP contribution in [0.3, 0.4) is 0 Å². The first-order chi connectivity index (χ1) is 39.3. The Labute approximate surface area is 486 Å². The molecule has 3 aromatic heterocycles. The predicted molar refractivity (Wildman–Crippen MR) is 318 cm³/mol. The molecule has 0 saturated carbocycles. The van der Waals surface area contributed by atoms with E-state index in [1.165, 1.54) is 11.1 Å². The molecule has 0 N–H and O–H groups in total. The molecule has 0 spiro atoms. The van der Waals surface area contributed by atoms with Crippen LogP contribution >= 0.6 is 0 Å². The van der Waals surface area contributed by atoms with Crippen LogP contribution in [0.2, 0.25) is 0 Å². The summed E-state index contributed by atoms with van der Waals surface area (Å²) in [5.41, 5.74) is 18.0. The van der Waals surface area contributed by atoms with E-state index in [4.69, 9.17) is 5.48 Å². The number of aryl methyl sites for hydroxylation is 4. The summed E-state index contributed by atoms with van der Waals surface area (Å²) in [5.74, 6) is 0. The van der Waals surface area contributed by atoms with Crippen LogP contribution in [0, 0.1) is 51.7 Å². The second kappa shape index (κ2) is 24.5. The Bertz CT molecular complexity index is 3880. The minimum Gasteiger partial charge on any atom is -0.305 e. The maximum atomic E-state index is 10.0. The van der Waals surface area contributed by atoms with Gasteiger partial charge in [0, 0.05) is 24.1 Å². The van der Waals surface area contributed by atoms with Crippen LogP contribution < -0.4 is 0 Å².